The summed E-state index contributed by atoms with van der Waals surface area (Å²) < 4.78 is 16.9. The molecule has 2 aliphatic rings. The lowest BCUT2D eigenvalue weighted by atomic mass is 10.0. The van der Waals surface area contributed by atoms with Crippen LogP contribution < -0.4 is 0 Å². The number of aldehydes is 1. The summed E-state index contributed by atoms with van der Waals surface area (Å²) in [6.45, 7) is 3.79. The maximum Gasteiger partial charge on any atom is 0.142 e. The molecular formula is C11H16O4. The molecular weight excluding hydrogens is 196 g/mol. The highest BCUT2D eigenvalue weighted by Gasteiger charge is 2.41. The zero-order chi connectivity index (χ0) is 10.7. The van der Waals surface area contributed by atoms with E-state index < -0.39 is 0 Å². The van der Waals surface area contributed by atoms with Gasteiger partial charge in [0.05, 0.1) is 25.4 Å². The molecule has 2 saturated heterocycles. The fourth-order valence-corrected chi connectivity index (χ4v) is 1.94. The summed E-state index contributed by atoms with van der Waals surface area (Å²) in [7, 11) is 0. The van der Waals surface area contributed by atoms with Crippen LogP contribution in [0.4, 0.5) is 0 Å². The van der Waals surface area contributed by atoms with E-state index in [4.69, 9.17) is 14.2 Å². The van der Waals surface area contributed by atoms with Gasteiger partial charge in [0.2, 0.25) is 0 Å². The minimum absolute atomic E-state index is 0.0494. The largest absolute Gasteiger partial charge is 0.376 e. The first-order valence-electron chi connectivity index (χ1n) is 5.21. The van der Waals surface area contributed by atoms with Gasteiger partial charge in [0, 0.05) is 0 Å². The average Bonchev–Trinajstić information content (AvgIpc) is 2.64. The number of hydrogen-bond acceptors (Lipinski definition) is 4. The summed E-state index contributed by atoms with van der Waals surface area (Å²) in [5.41, 5.74) is -0.325. The van der Waals surface area contributed by atoms with Crippen LogP contribution in [0, 0.1) is 0 Å². The van der Waals surface area contributed by atoms with Gasteiger partial charge in [-0.25, -0.2) is 0 Å². The maximum atomic E-state index is 10.2. The van der Waals surface area contributed by atoms with Crippen LogP contribution in [-0.4, -0.2) is 43.9 Å². The van der Waals surface area contributed by atoms with Crippen molar-refractivity contribution in [2.24, 2.45) is 0 Å². The Morgan fingerprint density at radius 1 is 1.40 bits per heavy atom. The molecule has 15 heavy (non-hydrogen) atoms. The molecule has 3 atom stereocenters. The van der Waals surface area contributed by atoms with E-state index in [1.54, 1.807) is 0 Å². The first-order valence-corrected chi connectivity index (χ1v) is 5.21. The zero-order valence-corrected chi connectivity index (χ0v) is 8.85. The van der Waals surface area contributed by atoms with Crippen LogP contribution in [0.3, 0.4) is 0 Å². The molecule has 0 aromatic rings. The van der Waals surface area contributed by atoms with Gasteiger partial charge in [-0.15, -0.1) is 0 Å². The van der Waals surface area contributed by atoms with Crippen LogP contribution in [-0.2, 0) is 19.0 Å². The monoisotopic (exact) mass is 212 g/mol. The number of hydrogen-bond donors (Lipinski definition) is 0. The number of carbonyl (C=O) groups excluding carboxylic acids is 1. The standard InChI is InChI=1S/C11H16O4/c1-11(4-2-3-5-12)8-14-9-6-13-7-10(9)15-11/h2-3,5,9-10H,4,6-8H2,1H3/b3-2+/t9-,10+,11-/m1/s1. The summed E-state index contributed by atoms with van der Waals surface area (Å²) >= 11 is 0. The third-order valence-corrected chi connectivity index (χ3v) is 2.78. The Hall–Kier alpha value is -0.710. The zero-order valence-electron chi connectivity index (χ0n) is 8.85. The van der Waals surface area contributed by atoms with Gasteiger partial charge in [0.25, 0.3) is 0 Å². The van der Waals surface area contributed by atoms with E-state index in [-0.39, 0.29) is 17.8 Å². The van der Waals surface area contributed by atoms with E-state index in [9.17, 15) is 4.79 Å². The first kappa shape index (κ1) is 10.8. The van der Waals surface area contributed by atoms with Crippen LogP contribution in [0.15, 0.2) is 12.2 Å². The van der Waals surface area contributed by atoms with Crippen molar-refractivity contribution in [2.45, 2.75) is 31.2 Å². The lowest BCUT2D eigenvalue weighted by molar-refractivity contribution is -0.207. The second kappa shape index (κ2) is 4.43. The average molecular weight is 212 g/mol. The van der Waals surface area contributed by atoms with E-state index in [1.165, 1.54) is 6.08 Å². The van der Waals surface area contributed by atoms with Gasteiger partial charge >= 0.3 is 0 Å². The molecule has 0 aromatic heterocycles. The third kappa shape index (κ3) is 2.45. The number of carbonyl (C=O) groups is 1. The van der Waals surface area contributed by atoms with E-state index in [0.29, 0.717) is 26.2 Å². The maximum absolute atomic E-state index is 10.2. The SMILES string of the molecule is C[C@@]1(C/C=C/C=O)CO[C@@H]2COC[C@@H]2O1. The molecule has 0 unspecified atom stereocenters. The van der Waals surface area contributed by atoms with Crippen molar-refractivity contribution >= 4 is 6.29 Å². The van der Waals surface area contributed by atoms with E-state index in [2.05, 4.69) is 0 Å². The fourth-order valence-electron chi connectivity index (χ4n) is 1.94. The molecule has 4 heteroatoms. The molecule has 0 saturated carbocycles. The Kier molecular flexibility index (Phi) is 3.19. The van der Waals surface area contributed by atoms with E-state index >= 15 is 0 Å². The van der Waals surface area contributed by atoms with Gasteiger partial charge in [-0.3, -0.25) is 4.79 Å². The minimum Gasteiger partial charge on any atom is -0.376 e. The van der Waals surface area contributed by atoms with Crippen molar-refractivity contribution in [1.29, 1.82) is 0 Å². The van der Waals surface area contributed by atoms with E-state index in [0.717, 1.165) is 6.29 Å². The molecule has 0 amide bonds. The van der Waals surface area contributed by atoms with Gasteiger partial charge in [-0.2, -0.15) is 0 Å². The summed E-state index contributed by atoms with van der Waals surface area (Å²) in [5.74, 6) is 0. The molecule has 0 spiro atoms. The Labute approximate surface area is 89.2 Å². The second-order valence-corrected chi connectivity index (χ2v) is 4.26. The van der Waals surface area contributed by atoms with Gasteiger partial charge in [-0.05, 0) is 19.4 Å². The smallest absolute Gasteiger partial charge is 0.142 e. The molecule has 2 heterocycles. The quantitative estimate of drug-likeness (QED) is 0.510. The fraction of sp³-hybridized carbons (Fsp3) is 0.727. The van der Waals surface area contributed by atoms with Crippen molar-refractivity contribution in [3.05, 3.63) is 12.2 Å². The Balaban J connectivity index is 1.92. The molecule has 0 N–H and O–H groups in total. The van der Waals surface area contributed by atoms with Crippen molar-refractivity contribution < 1.29 is 19.0 Å². The Morgan fingerprint density at radius 3 is 3.00 bits per heavy atom. The van der Waals surface area contributed by atoms with Gasteiger partial charge in [0.15, 0.2) is 0 Å². The molecule has 2 aliphatic heterocycles. The van der Waals surface area contributed by atoms with E-state index in [1.807, 2.05) is 13.0 Å². The van der Waals surface area contributed by atoms with Crippen molar-refractivity contribution in [2.75, 3.05) is 19.8 Å². The molecule has 2 fully saturated rings. The van der Waals surface area contributed by atoms with Crippen LogP contribution in [0.1, 0.15) is 13.3 Å². The number of fused-ring (bicyclic) bond motifs is 1. The first-order chi connectivity index (χ1) is 7.23. The lowest BCUT2D eigenvalue weighted by Gasteiger charge is -2.39. The topological polar surface area (TPSA) is 44.8 Å². The van der Waals surface area contributed by atoms with Gasteiger partial charge in [0.1, 0.15) is 18.5 Å². The number of allylic oxidation sites excluding steroid dienone is 1. The Morgan fingerprint density at radius 2 is 2.20 bits per heavy atom. The predicted octanol–water partition coefficient (Wildman–Crippen LogP) is 0.704. The molecule has 0 bridgehead atoms. The van der Waals surface area contributed by atoms with Crippen molar-refractivity contribution in [3.8, 4) is 0 Å². The van der Waals surface area contributed by atoms with Crippen LogP contribution >= 0.6 is 0 Å². The highest BCUT2D eigenvalue weighted by Crippen LogP contribution is 2.29. The van der Waals surface area contributed by atoms with Crippen LogP contribution in [0.2, 0.25) is 0 Å². The molecule has 0 radical (unpaired) electrons. The molecule has 4 nitrogen and oxygen atoms in total. The van der Waals surface area contributed by atoms with Crippen LogP contribution in [0.25, 0.3) is 0 Å². The molecule has 2 rings (SSSR count). The minimum atomic E-state index is -0.325. The predicted molar refractivity (Wildman–Crippen MR) is 53.7 cm³/mol. The third-order valence-electron chi connectivity index (χ3n) is 2.78. The summed E-state index contributed by atoms with van der Waals surface area (Å²) in [4.78, 5) is 10.2. The number of rotatable bonds is 3. The van der Waals surface area contributed by atoms with Crippen LogP contribution in [0.5, 0.6) is 0 Å². The van der Waals surface area contributed by atoms with Crippen molar-refractivity contribution in [3.63, 3.8) is 0 Å². The lowest BCUT2D eigenvalue weighted by Crippen LogP contribution is -2.49. The summed E-state index contributed by atoms with van der Waals surface area (Å²) in [6.07, 6.45) is 4.91. The molecule has 84 valence electrons. The Bertz CT molecular complexity index is 263. The van der Waals surface area contributed by atoms with Gasteiger partial charge in [-0.1, -0.05) is 6.08 Å². The van der Waals surface area contributed by atoms with Gasteiger partial charge < -0.3 is 14.2 Å². The number of ether oxygens (including phenoxy) is 3. The highest BCUT2D eigenvalue weighted by atomic mass is 16.6. The van der Waals surface area contributed by atoms with Crippen molar-refractivity contribution in [1.82, 2.24) is 0 Å². The summed E-state index contributed by atoms with van der Waals surface area (Å²) in [5, 5.41) is 0. The second-order valence-electron chi connectivity index (χ2n) is 4.26. The molecule has 0 aliphatic carbocycles. The summed E-state index contributed by atoms with van der Waals surface area (Å²) in [6, 6.07) is 0. The molecule has 0 aromatic carbocycles. The highest BCUT2D eigenvalue weighted by molar-refractivity contribution is 5.64. The normalized spacial score (nSPS) is 40.6.